The van der Waals surface area contributed by atoms with Crippen LogP contribution in [0, 0.1) is 0 Å². The van der Waals surface area contributed by atoms with Crippen LogP contribution in [0.3, 0.4) is 0 Å². The molecule has 0 radical (unpaired) electrons. The molecule has 0 amide bonds. The molecular weight excluding hydrogens is 196 g/mol. The molecule has 0 aromatic rings. The molecule has 5 nitrogen and oxygen atoms in total. The third kappa shape index (κ3) is 5.11. The lowest BCUT2D eigenvalue weighted by Gasteiger charge is -2.28. The summed E-state index contributed by atoms with van der Waals surface area (Å²) >= 11 is 0. The summed E-state index contributed by atoms with van der Waals surface area (Å²) in [6.07, 6.45) is 0. The van der Waals surface area contributed by atoms with Crippen molar-refractivity contribution in [2.75, 3.05) is 33.9 Å². The van der Waals surface area contributed by atoms with Crippen molar-refractivity contribution in [2.24, 2.45) is 5.73 Å². The number of nitrogens with two attached hydrogens (primary N) is 1. The quantitative estimate of drug-likeness (QED) is 0.602. The largest absolute Gasteiger partial charge is 0.468 e. The van der Waals surface area contributed by atoms with E-state index >= 15 is 0 Å². The van der Waals surface area contributed by atoms with Gasteiger partial charge in [-0.05, 0) is 13.5 Å². The highest BCUT2D eigenvalue weighted by molar-refractivity contribution is 5.75. The molecule has 0 aliphatic carbocycles. The summed E-state index contributed by atoms with van der Waals surface area (Å²) in [5.41, 5.74) is 5.68. The SMILES string of the molecule is CCN(CC(N)C(=O)OC)C(C)COC. The average Bonchev–Trinajstić information content (AvgIpc) is 2.24. The van der Waals surface area contributed by atoms with Gasteiger partial charge in [0, 0.05) is 19.7 Å². The fourth-order valence-electron chi connectivity index (χ4n) is 1.45. The van der Waals surface area contributed by atoms with Crippen LogP contribution in [0.1, 0.15) is 13.8 Å². The van der Waals surface area contributed by atoms with Gasteiger partial charge in [-0.1, -0.05) is 6.92 Å². The smallest absolute Gasteiger partial charge is 0.323 e. The van der Waals surface area contributed by atoms with Gasteiger partial charge in [0.25, 0.3) is 0 Å². The zero-order chi connectivity index (χ0) is 11.8. The molecule has 90 valence electrons. The number of methoxy groups -OCH3 is 2. The van der Waals surface area contributed by atoms with Crippen LogP contribution in [0.25, 0.3) is 0 Å². The summed E-state index contributed by atoms with van der Waals surface area (Å²) in [4.78, 5) is 13.2. The second-order valence-electron chi connectivity index (χ2n) is 3.52. The lowest BCUT2D eigenvalue weighted by molar-refractivity contribution is -0.142. The number of rotatable bonds is 7. The number of likely N-dealkylation sites (N-methyl/N-ethyl adjacent to an activating group) is 1. The molecule has 0 aliphatic heterocycles. The van der Waals surface area contributed by atoms with Gasteiger partial charge in [0.2, 0.25) is 0 Å². The van der Waals surface area contributed by atoms with Crippen LogP contribution < -0.4 is 5.73 Å². The summed E-state index contributed by atoms with van der Waals surface area (Å²) in [6.45, 7) is 6.01. The second-order valence-corrected chi connectivity index (χ2v) is 3.52. The molecule has 2 N–H and O–H groups in total. The van der Waals surface area contributed by atoms with Crippen molar-refractivity contribution in [3.8, 4) is 0 Å². The molecule has 2 unspecified atom stereocenters. The molecule has 0 spiro atoms. The average molecular weight is 218 g/mol. The van der Waals surface area contributed by atoms with Crippen molar-refractivity contribution in [1.29, 1.82) is 0 Å². The number of ether oxygens (including phenoxy) is 2. The maximum Gasteiger partial charge on any atom is 0.323 e. The van der Waals surface area contributed by atoms with Crippen LogP contribution in [0.2, 0.25) is 0 Å². The third-order valence-corrected chi connectivity index (χ3v) is 2.37. The van der Waals surface area contributed by atoms with E-state index in [9.17, 15) is 4.79 Å². The Morgan fingerprint density at radius 1 is 1.47 bits per heavy atom. The number of carbonyl (C=O) groups excluding carboxylic acids is 1. The molecule has 5 heteroatoms. The molecule has 15 heavy (non-hydrogen) atoms. The molecule has 2 atom stereocenters. The van der Waals surface area contributed by atoms with E-state index in [1.807, 2.05) is 13.8 Å². The molecule has 0 aromatic heterocycles. The van der Waals surface area contributed by atoms with Gasteiger partial charge in [0.05, 0.1) is 13.7 Å². The Labute approximate surface area is 91.5 Å². The van der Waals surface area contributed by atoms with Gasteiger partial charge in [-0.25, -0.2) is 0 Å². The van der Waals surface area contributed by atoms with E-state index < -0.39 is 6.04 Å². The van der Waals surface area contributed by atoms with Gasteiger partial charge in [-0.2, -0.15) is 0 Å². The van der Waals surface area contributed by atoms with Crippen LogP contribution in [0.5, 0.6) is 0 Å². The molecular formula is C10H22N2O3. The minimum absolute atomic E-state index is 0.246. The Kier molecular flexibility index (Phi) is 7.29. The summed E-state index contributed by atoms with van der Waals surface area (Å²) in [6, 6.07) is -0.343. The Bertz CT molecular complexity index is 188. The first-order valence-corrected chi connectivity index (χ1v) is 5.13. The van der Waals surface area contributed by atoms with E-state index in [1.165, 1.54) is 7.11 Å². The molecule has 0 rings (SSSR count). The van der Waals surface area contributed by atoms with E-state index in [4.69, 9.17) is 10.5 Å². The van der Waals surface area contributed by atoms with Crippen molar-refractivity contribution in [3.05, 3.63) is 0 Å². The number of carbonyl (C=O) groups is 1. The fourth-order valence-corrected chi connectivity index (χ4v) is 1.45. The molecule has 0 aromatic carbocycles. The predicted molar refractivity (Wildman–Crippen MR) is 58.6 cm³/mol. The van der Waals surface area contributed by atoms with E-state index in [0.29, 0.717) is 13.2 Å². The van der Waals surface area contributed by atoms with Crippen molar-refractivity contribution in [2.45, 2.75) is 25.9 Å². The van der Waals surface area contributed by atoms with Crippen molar-refractivity contribution in [3.63, 3.8) is 0 Å². The Balaban J connectivity index is 4.13. The summed E-state index contributed by atoms with van der Waals surface area (Å²) < 4.78 is 9.63. The van der Waals surface area contributed by atoms with Crippen LogP contribution in [-0.4, -0.2) is 56.9 Å². The minimum Gasteiger partial charge on any atom is -0.468 e. The molecule has 0 fully saturated rings. The highest BCUT2D eigenvalue weighted by Gasteiger charge is 2.20. The maximum atomic E-state index is 11.1. The molecule has 0 bridgehead atoms. The predicted octanol–water partition coefficient (Wildman–Crippen LogP) is -0.156. The van der Waals surface area contributed by atoms with Crippen LogP contribution in [0.4, 0.5) is 0 Å². The Morgan fingerprint density at radius 2 is 2.07 bits per heavy atom. The van der Waals surface area contributed by atoms with E-state index in [1.54, 1.807) is 7.11 Å². The van der Waals surface area contributed by atoms with E-state index in [-0.39, 0.29) is 12.0 Å². The lowest BCUT2D eigenvalue weighted by atomic mass is 10.2. The van der Waals surface area contributed by atoms with Gasteiger partial charge in [-0.3, -0.25) is 9.69 Å². The van der Waals surface area contributed by atoms with Crippen LogP contribution >= 0.6 is 0 Å². The minimum atomic E-state index is -0.589. The highest BCUT2D eigenvalue weighted by Crippen LogP contribution is 2.01. The molecule has 0 heterocycles. The summed E-state index contributed by atoms with van der Waals surface area (Å²) in [7, 11) is 3.00. The highest BCUT2D eigenvalue weighted by atomic mass is 16.5. The summed E-state index contributed by atoms with van der Waals surface area (Å²) in [5.74, 6) is -0.377. The van der Waals surface area contributed by atoms with E-state index in [0.717, 1.165) is 6.54 Å². The number of nitrogens with zero attached hydrogens (tertiary/aromatic N) is 1. The fraction of sp³-hybridized carbons (Fsp3) is 0.900. The zero-order valence-electron chi connectivity index (χ0n) is 10.0. The lowest BCUT2D eigenvalue weighted by Crippen LogP contribution is -2.47. The van der Waals surface area contributed by atoms with Crippen molar-refractivity contribution in [1.82, 2.24) is 4.90 Å². The first kappa shape index (κ1) is 14.3. The maximum absolute atomic E-state index is 11.1. The zero-order valence-corrected chi connectivity index (χ0v) is 10.0. The van der Waals surface area contributed by atoms with Crippen LogP contribution in [-0.2, 0) is 14.3 Å². The second kappa shape index (κ2) is 7.62. The number of esters is 1. The third-order valence-electron chi connectivity index (χ3n) is 2.37. The van der Waals surface area contributed by atoms with Gasteiger partial charge < -0.3 is 15.2 Å². The standard InChI is InChI=1S/C10H22N2O3/c1-5-12(8(2)7-14-3)6-9(11)10(13)15-4/h8-9H,5-7,11H2,1-4H3. The number of hydrogen-bond acceptors (Lipinski definition) is 5. The van der Waals surface area contributed by atoms with Crippen molar-refractivity contribution >= 4 is 5.97 Å². The van der Waals surface area contributed by atoms with Gasteiger partial charge >= 0.3 is 5.97 Å². The van der Waals surface area contributed by atoms with Gasteiger partial charge in [0.1, 0.15) is 6.04 Å². The van der Waals surface area contributed by atoms with E-state index in [2.05, 4.69) is 9.64 Å². The molecule has 0 aliphatic rings. The first-order valence-electron chi connectivity index (χ1n) is 5.13. The monoisotopic (exact) mass is 218 g/mol. The van der Waals surface area contributed by atoms with Gasteiger partial charge in [-0.15, -0.1) is 0 Å². The topological polar surface area (TPSA) is 64.8 Å². The van der Waals surface area contributed by atoms with Gasteiger partial charge in [0.15, 0.2) is 0 Å². The molecule has 0 saturated carbocycles. The molecule has 0 saturated heterocycles. The van der Waals surface area contributed by atoms with Crippen molar-refractivity contribution < 1.29 is 14.3 Å². The summed E-state index contributed by atoms with van der Waals surface area (Å²) in [5, 5.41) is 0. The first-order chi connectivity index (χ1) is 7.06. The Morgan fingerprint density at radius 3 is 2.47 bits per heavy atom. The normalized spacial score (nSPS) is 15.1. The van der Waals surface area contributed by atoms with Crippen LogP contribution in [0.15, 0.2) is 0 Å². The Hall–Kier alpha value is -0.650. The number of hydrogen-bond donors (Lipinski definition) is 1.